The number of amides is 3. The molecule has 1 saturated heterocycles. The number of nitrogens with one attached hydrogen (secondary N) is 2. The smallest absolute Gasteiger partial charge is 0.262 e. The molecular weight excluding hydrogens is 418 g/mol. The second kappa shape index (κ2) is 9.45. The monoisotopic (exact) mass is 437 g/mol. The van der Waals surface area contributed by atoms with Gasteiger partial charge in [0.25, 0.3) is 5.91 Å². The first-order valence-corrected chi connectivity index (χ1v) is 9.95. The summed E-state index contributed by atoms with van der Waals surface area (Å²) >= 11 is 6.18. The van der Waals surface area contributed by atoms with Crippen LogP contribution < -0.4 is 15.4 Å². The van der Waals surface area contributed by atoms with Gasteiger partial charge in [0.15, 0.2) is 0 Å². The fourth-order valence-electron chi connectivity index (χ4n) is 3.12. The van der Waals surface area contributed by atoms with E-state index in [9.17, 15) is 19.6 Å². The number of nitrogens with zero attached hydrogens (tertiary/aromatic N) is 1. The Kier molecular flexibility index (Phi) is 6.73. The predicted molar refractivity (Wildman–Crippen MR) is 115 cm³/mol. The Labute approximate surface area is 184 Å². The number of halogens is 1. The number of hydrogen-bond acceptors (Lipinski definition) is 5. The predicted octanol–water partition coefficient (Wildman–Crippen LogP) is 3.58. The van der Waals surface area contributed by atoms with Crippen LogP contribution in [0, 0.1) is 25.2 Å². The van der Waals surface area contributed by atoms with Crippen molar-refractivity contribution < 1.29 is 19.1 Å². The molecule has 2 N–H and O–H groups in total. The molecule has 1 aliphatic rings. The maximum atomic E-state index is 12.4. The van der Waals surface area contributed by atoms with Crippen LogP contribution in [0.25, 0.3) is 6.08 Å². The van der Waals surface area contributed by atoms with Crippen LogP contribution in [0.1, 0.15) is 29.5 Å². The van der Waals surface area contributed by atoms with Crippen molar-refractivity contribution in [2.75, 3.05) is 0 Å². The number of piperidine rings is 1. The lowest BCUT2D eigenvalue weighted by atomic mass is 10.1. The van der Waals surface area contributed by atoms with Gasteiger partial charge >= 0.3 is 0 Å². The van der Waals surface area contributed by atoms with Crippen LogP contribution in [0.15, 0.2) is 42.0 Å². The average molecular weight is 438 g/mol. The van der Waals surface area contributed by atoms with Crippen LogP contribution in [0.3, 0.4) is 0 Å². The Hall–Kier alpha value is -3.63. The molecule has 1 atom stereocenters. The molecule has 2 aromatic rings. The summed E-state index contributed by atoms with van der Waals surface area (Å²) < 4.78 is 5.85. The highest BCUT2D eigenvalue weighted by Gasteiger charge is 2.28. The summed E-state index contributed by atoms with van der Waals surface area (Å²) in [7, 11) is 0. The van der Waals surface area contributed by atoms with Crippen molar-refractivity contribution in [2.45, 2.75) is 32.7 Å². The number of ether oxygens (including phenoxy) is 1. The highest BCUT2D eigenvalue weighted by Crippen LogP contribution is 2.29. The van der Waals surface area contributed by atoms with E-state index in [2.05, 4.69) is 10.6 Å². The zero-order valence-electron chi connectivity index (χ0n) is 17.0. The van der Waals surface area contributed by atoms with Gasteiger partial charge in [-0.15, -0.1) is 0 Å². The molecule has 1 unspecified atom stereocenters. The number of rotatable bonds is 5. The third kappa shape index (κ3) is 5.50. The molecule has 8 heteroatoms. The molecule has 0 aliphatic carbocycles. The van der Waals surface area contributed by atoms with Crippen molar-refractivity contribution in [1.29, 1.82) is 5.26 Å². The van der Waals surface area contributed by atoms with E-state index >= 15 is 0 Å². The number of imide groups is 1. The summed E-state index contributed by atoms with van der Waals surface area (Å²) in [4.78, 5) is 35.4. The minimum Gasteiger partial charge on any atom is -0.457 e. The first-order chi connectivity index (χ1) is 14.8. The lowest BCUT2D eigenvalue weighted by Gasteiger charge is -2.21. The first kappa shape index (κ1) is 22.1. The van der Waals surface area contributed by atoms with Gasteiger partial charge in [-0.1, -0.05) is 23.7 Å². The van der Waals surface area contributed by atoms with Crippen molar-refractivity contribution in [1.82, 2.24) is 10.6 Å². The van der Waals surface area contributed by atoms with Gasteiger partial charge in [-0.25, -0.2) is 0 Å². The Morgan fingerprint density at radius 2 is 1.84 bits per heavy atom. The number of hydrogen-bond donors (Lipinski definition) is 2. The lowest BCUT2D eigenvalue weighted by Crippen LogP contribution is -2.52. The van der Waals surface area contributed by atoms with Crippen molar-refractivity contribution >= 4 is 35.4 Å². The Morgan fingerprint density at radius 3 is 2.42 bits per heavy atom. The van der Waals surface area contributed by atoms with Gasteiger partial charge in [0.2, 0.25) is 11.8 Å². The number of carbonyl (C=O) groups excluding carboxylic acids is 3. The summed E-state index contributed by atoms with van der Waals surface area (Å²) in [6.07, 6.45) is 1.75. The number of carbonyl (C=O) groups is 3. The summed E-state index contributed by atoms with van der Waals surface area (Å²) in [5.41, 5.74) is 2.29. The largest absolute Gasteiger partial charge is 0.457 e. The fourth-order valence-corrected chi connectivity index (χ4v) is 3.22. The maximum absolute atomic E-state index is 12.4. The normalized spacial score (nSPS) is 16.3. The van der Waals surface area contributed by atoms with Crippen molar-refractivity contribution in [3.8, 4) is 17.6 Å². The third-order valence-corrected chi connectivity index (χ3v) is 5.34. The zero-order chi connectivity index (χ0) is 22.5. The van der Waals surface area contributed by atoms with Crippen LogP contribution in [-0.2, 0) is 14.4 Å². The third-order valence-electron chi connectivity index (χ3n) is 4.75. The molecule has 0 spiro atoms. The zero-order valence-corrected chi connectivity index (χ0v) is 17.7. The molecule has 0 aromatic heterocycles. The molecule has 1 fully saturated rings. The first-order valence-electron chi connectivity index (χ1n) is 9.58. The SMILES string of the molecule is Cc1cc(Oc2ccc(/C=C(\C#N)C(=O)NC3CCC(=O)NC3=O)cc2)cc(C)c1Cl. The van der Waals surface area contributed by atoms with Gasteiger partial charge in [0, 0.05) is 11.4 Å². The highest BCUT2D eigenvalue weighted by atomic mass is 35.5. The fraction of sp³-hybridized carbons (Fsp3) is 0.217. The number of aryl methyl sites for hydroxylation is 2. The van der Waals surface area contributed by atoms with Crippen LogP contribution >= 0.6 is 11.6 Å². The van der Waals surface area contributed by atoms with E-state index in [1.807, 2.05) is 32.0 Å². The van der Waals surface area contributed by atoms with Gasteiger partial charge in [0.05, 0.1) is 0 Å². The molecule has 0 radical (unpaired) electrons. The Morgan fingerprint density at radius 1 is 1.19 bits per heavy atom. The van der Waals surface area contributed by atoms with Crippen molar-refractivity contribution in [3.63, 3.8) is 0 Å². The standard InChI is InChI=1S/C23H20ClN3O4/c1-13-9-18(10-14(2)21(13)24)31-17-5-3-15(4-6-17)11-16(12-25)22(29)26-19-7-8-20(28)27-23(19)30/h3-6,9-11,19H,7-8H2,1-2H3,(H,26,29)(H,27,28,30)/b16-11+. The van der Waals surface area contributed by atoms with Gasteiger partial charge in [-0.3, -0.25) is 19.7 Å². The molecule has 31 heavy (non-hydrogen) atoms. The quantitative estimate of drug-likeness (QED) is 0.422. The second-order valence-corrected chi connectivity index (χ2v) is 7.57. The van der Waals surface area contributed by atoms with E-state index in [1.54, 1.807) is 24.3 Å². The number of benzene rings is 2. The summed E-state index contributed by atoms with van der Waals surface area (Å²) in [5, 5.41) is 14.7. The Bertz CT molecular complexity index is 1090. The molecule has 0 bridgehead atoms. The van der Waals surface area contributed by atoms with Crippen LogP contribution in [0.2, 0.25) is 5.02 Å². The average Bonchev–Trinajstić information content (AvgIpc) is 2.73. The van der Waals surface area contributed by atoms with Crippen molar-refractivity contribution in [2.24, 2.45) is 0 Å². The van der Waals surface area contributed by atoms with Gasteiger partial charge in [0.1, 0.15) is 29.2 Å². The summed E-state index contributed by atoms with van der Waals surface area (Å²) in [6, 6.07) is 11.5. The topological polar surface area (TPSA) is 108 Å². The van der Waals surface area contributed by atoms with E-state index in [-0.39, 0.29) is 24.3 Å². The molecule has 1 heterocycles. The summed E-state index contributed by atoms with van der Waals surface area (Å²) in [6.45, 7) is 3.80. The molecular formula is C23H20ClN3O4. The van der Waals surface area contributed by atoms with Crippen molar-refractivity contribution in [3.05, 3.63) is 63.7 Å². The van der Waals surface area contributed by atoms with Gasteiger partial charge in [-0.05, 0) is 67.3 Å². The van der Waals surface area contributed by atoms with Crippen LogP contribution in [0.4, 0.5) is 0 Å². The van der Waals surface area contributed by atoms with E-state index in [0.29, 0.717) is 22.1 Å². The van der Waals surface area contributed by atoms with Gasteiger partial charge < -0.3 is 10.1 Å². The van der Waals surface area contributed by atoms with E-state index < -0.39 is 17.9 Å². The molecule has 7 nitrogen and oxygen atoms in total. The minimum absolute atomic E-state index is 0.135. The molecule has 1 aliphatic heterocycles. The number of nitriles is 1. The lowest BCUT2D eigenvalue weighted by molar-refractivity contribution is -0.136. The molecule has 0 saturated carbocycles. The van der Waals surface area contributed by atoms with E-state index in [4.69, 9.17) is 16.3 Å². The minimum atomic E-state index is -0.844. The van der Waals surface area contributed by atoms with Crippen LogP contribution in [0.5, 0.6) is 11.5 Å². The van der Waals surface area contributed by atoms with E-state index in [1.165, 1.54) is 6.08 Å². The maximum Gasteiger partial charge on any atom is 0.262 e. The second-order valence-electron chi connectivity index (χ2n) is 7.19. The Balaban J connectivity index is 1.69. The highest BCUT2D eigenvalue weighted by molar-refractivity contribution is 6.32. The molecule has 158 valence electrons. The molecule has 2 aromatic carbocycles. The molecule has 3 rings (SSSR count). The molecule has 3 amide bonds. The van der Waals surface area contributed by atoms with Gasteiger partial charge in [-0.2, -0.15) is 5.26 Å². The summed E-state index contributed by atoms with van der Waals surface area (Å²) in [5.74, 6) is -0.382. The van der Waals surface area contributed by atoms with E-state index in [0.717, 1.165) is 11.1 Å². The van der Waals surface area contributed by atoms with Crippen LogP contribution in [-0.4, -0.2) is 23.8 Å².